The van der Waals surface area contributed by atoms with Crippen molar-refractivity contribution in [1.29, 1.82) is 5.26 Å². The van der Waals surface area contributed by atoms with Crippen molar-refractivity contribution in [3.63, 3.8) is 0 Å². The van der Waals surface area contributed by atoms with Gasteiger partial charge in [-0.1, -0.05) is 12.1 Å². The van der Waals surface area contributed by atoms with E-state index >= 15 is 0 Å². The lowest BCUT2D eigenvalue weighted by Crippen LogP contribution is -2.02. The molecule has 13 heavy (non-hydrogen) atoms. The molecule has 2 N–H and O–H groups in total. The Morgan fingerprint density at radius 3 is 2.62 bits per heavy atom. The van der Waals surface area contributed by atoms with Crippen molar-refractivity contribution in [3.05, 3.63) is 35.4 Å². The summed E-state index contributed by atoms with van der Waals surface area (Å²) in [7, 11) is 0. The molecular formula is C10H11N3. The number of rotatable bonds is 3. The van der Waals surface area contributed by atoms with Crippen LogP contribution in [-0.4, -0.2) is 19.3 Å². The van der Waals surface area contributed by atoms with E-state index in [4.69, 9.17) is 11.0 Å². The number of nitrogens with two attached hydrogens (primary N) is 1. The lowest BCUT2D eigenvalue weighted by molar-refractivity contribution is 0.980. The van der Waals surface area contributed by atoms with Crippen LogP contribution in [0.2, 0.25) is 0 Å². The number of hydrogen-bond donors (Lipinski definition) is 1. The standard InChI is InChI=1S/C10H11N3/c11-5-6-13-8-10-3-1-9(7-12)2-4-10/h1-4,8H,5-6,11H2. The minimum atomic E-state index is 0.562. The predicted molar refractivity (Wildman–Crippen MR) is 52.7 cm³/mol. The summed E-state index contributed by atoms with van der Waals surface area (Å²) in [6.07, 6.45) is 1.76. The molecule has 0 saturated carbocycles. The molecule has 0 spiro atoms. The maximum atomic E-state index is 8.54. The van der Waals surface area contributed by atoms with E-state index in [9.17, 15) is 0 Å². The van der Waals surface area contributed by atoms with Gasteiger partial charge in [-0.3, -0.25) is 4.99 Å². The van der Waals surface area contributed by atoms with Crippen molar-refractivity contribution < 1.29 is 0 Å². The first-order valence-corrected chi connectivity index (χ1v) is 4.07. The van der Waals surface area contributed by atoms with Crippen LogP contribution in [0.1, 0.15) is 11.1 Å². The summed E-state index contributed by atoms with van der Waals surface area (Å²) in [6.45, 7) is 1.20. The highest BCUT2D eigenvalue weighted by molar-refractivity contribution is 5.79. The first-order chi connectivity index (χ1) is 6.36. The second-order valence-corrected chi connectivity index (χ2v) is 2.56. The van der Waals surface area contributed by atoms with Crippen LogP contribution in [0.4, 0.5) is 0 Å². The molecule has 1 rings (SSSR count). The molecule has 0 aliphatic heterocycles. The Labute approximate surface area is 77.5 Å². The van der Waals surface area contributed by atoms with E-state index in [-0.39, 0.29) is 0 Å². The summed E-state index contributed by atoms with van der Waals surface area (Å²) in [5, 5.41) is 8.54. The topological polar surface area (TPSA) is 62.2 Å². The van der Waals surface area contributed by atoms with Crippen LogP contribution in [0.15, 0.2) is 29.3 Å². The Balaban J connectivity index is 2.65. The molecule has 0 fully saturated rings. The van der Waals surface area contributed by atoms with Gasteiger partial charge in [0, 0.05) is 12.8 Å². The summed E-state index contributed by atoms with van der Waals surface area (Å²) in [6, 6.07) is 9.31. The molecule has 0 saturated heterocycles. The summed E-state index contributed by atoms with van der Waals surface area (Å²) in [5.41, 5.74) is 6.94. The number of nitriles is 1. The molecule has 1 aromatic rings. The molecule has 3 nitrogen and oxygen atoms in total. The monoisotopic (exact) mass is 173 g/mol. The third-order valence-electron chi connectivity index (χ3n) is 1.54. The minimum Gasteiger partial charge on any atom is -0.329 e. The fraction of sp³-hybridized carbons (Fsp3) is 0.200. The van der Waals surface area contributed by atoms with Crippen LogP contribution in [0.5, 0.6) is 0 Å². The van der Waals surface area contributed by atoms with Crippen LogP contribution in [0.3, 0.4) is 0 Å². The molecule has 66 valence electrons. The maximum Gasteiger partial charge on any atom is 0.0991 e. The zero-order valence-corrected chi connectivity index (χ0v) is 7.27. The van der Waals surface area contributed by atoms with E-state index in [1.807, 2.05) is 12.1 Å². The maximum absolute atomic E-state index is 8.54. The normalized spacial score (nSPS) is 10.2. The molecule has 0 heterocycles. The van der Waals surface area contributed by atoms with Crippen LogP contribution < -0.4 is 5.73 Å². The van der Waals surface area contributed by atoms with Crippen molar-refractivity contribution in [2.45, 2.75) is 0 Å². The van der Waals surface area contributed by atoms with Gasteiger partial charge in [-0.25, -0.2) is 0 Å². The molecule has 0 aliphatic rings. The van der Waals surface area contributed by atoms with Gasteiger partial charge in [0.05, 0.1) is 18.2 Å². The third kappa shape index (κ3) is 3.06. The van der Waals surface area contributed by atoms with Crippen molar-refractivity contribution in [2.24, 2.45) is 10.7 Å². The number of nitrogens with zero attached hydrogens (tertiary/aromatic N) is 2. The van der Waals surface area contributed by atoms with Crippen LogP contribution in [0.25, 0.3) is 0 Å². The zero-order chi connectivity index (χ0) is 9.52. The molecule has 0 unspecified atom stereocenters. The van der Waals surface area contributed by atoms with E-state index in [2.05, 4.69) is 11.1 Å². The summed E-state index contributed by atoms with van der Waals surface area (Å²) in [5.74, 6) is 0. The first kappa shape index (κ1) is 9.43. The van der Waals surface area contributed by atoms with Crippen LogP contribution in [0, 0.1) is 11.3 Å². The molecule has 1 aromatic carbocycles. The smallest absolute Gasteiger partial charge is 0.0991 e. The van der Waals surface area contributed by atoms with E-state index in [0.717, 1.165) is 5.56 Å². The second kappa shape index (κ2) is 5.07. The fourth-order valence-corrected chi connectivity index (χ4v) is 0.888. The highest BCUT2D eigenvalue weighted by Crippen LogP contribution is 2.00. The Morgan fingerprint density at radius 1 is 1.38 bits per heavy atom. The lowest BCUT2D eigenvalue weighted by Gasteiger charge is -1.92. The average molecular weight is 173 g/mol. The van der Waals surface area contributed by atoms with Gasteiger partial charge in [0.25, 0.3) is 0 Å². The summed E-state index contributed by atoms with van der Waals surface area (Å²) < 4.78 is 0. The molecular weight excluding hydrogens is 162 g/mol. The number of benzene rings is 1. The van der Waals surface area contributed by atoms with Gasteiger partial charge in [0.1, 0.15) is 0 Å². The molecule has 0 aliphatic carbocycles. The van der Waals surface area contributed by atoms with Gasteiger partial charge in [0.2, 0.25) is 0 Å². The van der Waals surface area contributed by atoms with Crippen molar-refractivity contribution in [3.8, 4) is 6.07 Å². The highest BCUT2D eigenvalue weighted by atomic mass is 14.7. The molecule has 0 atom stereocenters. The first-order valence-electron chi connectivity index (χ1n) is 4.07. The Hall–Kier alpha value is -1.66. The van der Waals surface area contributed by atoms with Crippen molar-refractivity contribution in [1.82, 2.24) is 0 Å². The average Bonchev–Trinajstić information content (AvgIpc) is 2.19. The predicted octanol–water partition coefficient (Wildman–Crippen LogP) is 0.936. The fourth-order valence-electron chi connectivity index (χ4n) is 0.888. The Kier molecular flexibility index (Phi) is 3.68. The van der Waals surface area contributed by atoms with Crippen molar-refractivity contribution in [2.75, 3.05) is 13.1 Å². The Bertz CT molecular complexity index is 319. The second-order valence-electron chi connectivity index (χ2n) is 2.56. The van der Waals surface area contributed by atoms with Crippen LogP contribution >= 0.6 is 0 Å². The van der Waals surface area contributed by atoms with Crippen LogP contribution in [-0.2, 0) is 0 Å². The van der Waals surface area contributed by atoms with Gasteiger partial charge in [-0.2, -0.15) is 5.26 Å². The molecule has 0 radical (unpaired) electrons. The van der Waals surface area contributed by atoms with Gasteiger partial charge < -0.3 is 5.73 Å². The highest BCUT2D eigenvalue weighted by Gasteiger charge is 1.88. The number of hydrogen-bond acceptors (Lipinski definition) is 3. The van der Waals surface area contributed by atoms with Crippen molar-refractivity contribution >= 4 is 6.21 Å². The van der Waals surface area contributed by atoms with E-state index in [1.165, 1.54) is 0 Å². The molecule has 0 amide bonds. The largest absolute Gasteiger partial charge is 0.329 e. The van der Waals surface area contributed by atoms with Gasteiger partial charge in [0.15, 0.2) is 0 Å². The van der Waals surface area contributed by atoms with E-state index in [0.29, 0.717) is 18.7 Å². The molecule has 0 bridgehead atoms. The SMILES string of the molecule is N#Cc1ccc(C=NCCN)cc1. The van der Waals surface area contributed by atoms with E-state index < -0.39 is 0 Å². The zero-order valence-electron chi connectivity index (χ0n) is 7.27. The Morgan fingerprint density at radius 2 is 2.08 bits per heavy atom. The summed E-state index contributed by atoms with van der Waals surface area (Å²) >= 11 is 0. The minimum absolute atomic E-state index is 0.562. The van der Waals surface area contributed by atoms with Gasteiger partial charge in [-0.05, 0) is 17.7 Å². The quantitative estimate of drug-likeness (QED) is 0.691. The molecule has 3 heteroatoms. The van der Waals surface area contributed by atoms with E-state index in [1.54, 1.807) is 18.3 Å². The van der Waals surface area contributed by atoms with Gasteiger partial charge >= 0.3 is 0 Å². The summed E-state index contributed by atoms with van der Waals surface area (Å²) in [4.78, 5) is 4.08. The lowest BCUT2D eigenvalue weighted by atomic mass is 10.2. The third-order valence-corrected chi connectivity index (χ3v) is 1.54. The number of aliphatic imine (C=N–C) groups is 1. The van der Waals surface area contributed by atoms with Gasteiger partial charge in [-0.15, -0.1) is 0 Å². The molecule has 0 aromatic heterocycles.